The van der Waals surface area contributed by atoms with E-state index in [1.165, 1.54) is 6.07 Å². The van der Waals surface area contributed by atoms with Gasteiger partial charge in [0.05, 0.1) is 36.6 Å². The van der Waals surface area contributed by atoms with E-state index >= 15 is 4.39 Å². The Morgan fingerprint density at radius 1 is 1.15 bits per heavy atom. The molecule has 0 bridgehead atoms. The molecule has 1 aromatic heterocycles. The topological polar surface area (TPSA) is 101 Å². The minimum Gasteiger partial charge on any atom is -0.477 e. The number of rotatable bonds is 4. The molecular weight excluding hydrogens is 457 g/mol. The van der Waals surface area contributed by atoms with E-state index in [-0.39, 0.29) is 42.0 Å². The van der Waals surface area contributed by atoms with Crippen LogP contribution in [0.1, 0.15) is 16.8 Å². The highest BCUT2D eigenvalue weighted by Gasteiger charge is 2.47. The minimum atomic E-state index is -1.57. The Balaban J connectivity index is 1.66. The van der Waals surface area contributed by atoms with Crippen LogP contribution in [0.25, 0.3) is 16.6 Å². The summed E-state index contributed by atoms with van der Waals surface area (Å²) in [5, 5.41) is 18.5. The van der Waals surface area contributed by atoms with Crippen molar-refractivity contribution in [1.82, 2.24) is 4.57 Å². The number of carboxylic acid groups (broad SMARTS) is 1. The lowest BCUT2D eigenvalue weighted by Crippen LogP contribution is -2.35. The van der Waals surface area contributed by atoms with Crippen molar-refractivity contribution >= 4 is 22.6 Å². The molecule has 34 heavy (non-hydrogen) atoms. The number of halogens is 3. The van der Waals surface area contributed by atoms with Crippen LogP contribution < -0.4 is 10.3 Å². The molecule has 11 heteroatoms. The number of carboxylic acids is 1. The zero-order valence-electron chi connectivity index (χ0n) is 17.6. The predicted octanol–water partition coefficient (Wildman–Crippen LogP) is 2.42. The summed E-state index contributed by atoms with van der Waals surface area (Å²) >= 11 is 0. The van der Waals surface area contributed by atoms with Crippen molar-refractivity contribution in [3.05, 3.63) is 69.8 Å². The third-order valence-electron chi connectivity index (χ3n) is 6.12. The van der Waals surface area contributed by atoms with E-state index in [2.05, 4.69) is 0 Å². The molecule has 0 radical (unpaired) electrons. The number of nitrogens with zero attached hydrogens (tertiary/aromatic N) is 2. The molecule has 2 saturated heterocycles. The van der Waals surface area contributed by atoms with Crippen molar-refractivity contribution in [3.63, 3.8) is 0 Å². The van der Waals surface area contributed by atoms with Crippen molar-refractivity contribution < 1.29 is 37.7 Å². The summed E-state index contributed by atoms with van der Waals surface area (Å²) < 4.78 is 55.9. The number of aromatic nitrogens is 1. The predicted molar refractivity (Wildman–Crippen MR) is 114 cm³/mol. The molecule has 3 heterocycles. The Morgan fingerprint density at radius 3 is 2.59 bits per heavy atom. The molecule has 0 saturated carbocycles. The lowest BCUT2D eigenvalue weighted by atomic mass is 10.1. The Morgan fingerprint density at radius 2 is 1.91 bits per heavy atom. The van der Waals surface area contributed by atoms with Gasteiger partial charge >= 0.3 is 5.97 Å². The van der Waals surface area contributed by atoms with Crippen molar-refractivity contribution in [2.24, 2.45) is 0 Å². The summed E-state index contributed by atoms with van der Waals surface area (Å²) in [4.78, 5) is 26.0. The first-order valence-electron chi connectivity index (χ1n) is 10.5. The molecule has 2 atom stereocenters. The summed E-state index contributed by atoms with van der Waals surface area (Å²) in [5.74, 6) is -5.19. The second-order valence-corrected chi connectivity index (χ2v) is 8.28. The van der Waals surface area contributed by atoms with Gasteiger partial charge in [0.2, 0.25) is 5.43 Å². The van der Waals surface area contributed by atoms with Gasteiger partial charge in [0, 0.05) is 30.6 Å². The number of aliphatic hydroxyl groups excluding tert-OH is 1. The first-order chi connectivity index (χ1) is 16.2. The molecule has 0 amide bonds. The van der Waals surface area contributed by atoms with E-state index in [4.69, 9.17) is 9.47 Å². The van der Waals surface area contributed by atoms with E-state index in [1.54, 1.807) is 4.90 Å². The Kier molecular flexibility index (Phi) is 5.34. The maximum Gasteiger partial charge on any atom is 0.341 e. The summed E-state index contributed by atoms with van der Waals surface area (Å²) in [7, 11) is 0. The molecule has 2 N–H and O–H groups in total. The molecular formula is C23H19F3N2O6. The van der Waals surface area contributed by atoms with Crippen LogP contribution in [0.4, 0.5) is 18.9 Å². The number of benzene rings is 2. The van der Waals surface area contributed by atoms with Gasteiger partial charge in [0.15, 0.2) is 5.79 Å². The fourth-order valence-corrected chi connectivity index (χ4v) is 4.49. The molecule has 0 aliphatic carbocycles. The number of ether oxygens (including phenoxy) is 2. The number of hydrogen-bond donors (Lipinski definition) is 2. The third-order valence-corrected chi connectivity index (χ3v) is 6.12. The Hall–Kier alpha value is -3.41. The van der Waals surface area contributed by atoms with Crippen LogP contribution in [0.2, 0.25) is 0 Å². The molecule has 2 aliphatic heterocycles. The van der Waals surface area contributed by atoms with Crippen molar-refractivity contribution in [2.75, 3.05) is 31.2 Å². The molecule has 8 nitrogen and oxygen atoms in total. The maximum atomic E-state index is 15.2. The summed E-state index contributed by atoms with van der Waals surface area (Å²) in [6.07, 6.45) is 0.853. The van der Waals surface area contributed by atoms with Crippen LogP contribution in [-0.4, -0.2) is 58.9 Å². The molecule has 2 unspecified atom stereocenters. The first-order valence-corrected chi connectivity index (χ1v) is 10.5. The number of anilines is 1. The Bertz CT molecular complexity index is 1380. The highest BCUT2D eigenvalue weighted by Crippen LogP contribution is 2.37. The number of aromatic carboxylic acids is 1. The highest BCUT2D eigenvalue weighted by atomic mass is 19.1. The van der Waals surface area contributed by atoms with Gasteiger partial charge in [-0.15, -0.1) is 0 Å². The minimum absolute atomic E-state index is 0.0411. The Labute approximate surface area is 190 Å². The van der Waals surface area contributed by atoms with Crippen molar-refractivity contribution in [2.45, 2.75) is 18.3 Å². The van der Waals surface area contributed by atoms with E-state index in [0.717, 1.165) is 29.0 Å². The van der Waals surface area contributed by atoms with Gasteiger partial charge in [-0.3, -0.25) is 4.79 Å². The van der Waals surface area contributed by atoms with Gasteiger partial charge in [-0.1, -0.05) is 0 Å². The molecule has 5 rings (SSSR count). The van der Waals surface area contributed by atoms with Crippen LogP contribution in [0.5, 0.6) is 0 Å². The first kappa shape index (κ1) is 22.4. The second kappa shape index (κ2) is 8.12. The van der Waals surface area contributed by atoms with Crippen molar-refractivity contribution in [3.8, 4) is 5.69 Å². The highest BCUT2D eigenvalue weighted by molar-refractivity contribution is 5.94. The molecule has 1 spiro atoms. The van der Waals surface area contributed by atoms with E-state index in [1.807, 2.05) is 0 Å². The fourth-order valence-electron chi connectivity index (χ4n) is 4.49. The summed E-state index contributed by atoms with van der Waals surface area (Å²) in [5.41, 5.74) is -1.72. The van der Waals surface area contributed by atoms with Crippen molar-refractivity contribution in [1.29, 1.82) is 0 Å². The molecule has 3 aromatic rings. The van der Waals surface area contributed by atoms with Gasteiger partial charge in [0.25, 0.3) is 0 Å². The third kappa shape index (κ3) is 3.61. The molecule has 2 aliphatic rings. The number of pyridine rings is 1. The maximum absolute atomic E-state index is 15.2. The van der Waals surface area contributed by atoms with Crippen LogP contribution in [-0.2, 0) is 9.47 Å². The number of aliphatic hydroxyl groups is 1. The largest absolute Gasteiger partial charge is 0.477 e. The van der Waals surface area contributed by atoms with Gasteiger partial charge in [-0.25, -0.2) is 18.0 Å². The van der Waals surface area contributed by atoms with E-state index < -0.39 is 46.3 Å². The van der Waals surface area contributed by atoms with E-state index in [9.17, 15) is 28.6 Å². The molecule has 178 valence electrons. The zero-order valence-corrected chi connectivity index (χ0v) is 17.6. The van der Waals surface area contributed by atoms with Gasteiger partial charge in [0.1, 0.15) is 29.1 Å². The van der Waals surface area contributed by atoms with Gasteiger partial charge in [-0.2, -0.15) is 0 Å². The number of carbonyl (C=O) groups is 1. The molecule has 2 aromatic carbocycles. The van der Waals surface area contributed by atoms with Crippen LogP contribution in [0.3, 0.4) is 0 Å². The zero-order chi connectivity index (χ0) is 24.2. The van der Waals surface area contributed by atoms with Gasteiger partial charge in [-0.05, 0) is 24.3 Å². The average Bonchev–Trinajstić information content (AvgIpc) is 3.40. The lowest BCUT2D eigenvalue weighted by Gasteiger charge is -2.25. The van der Waals surface area contributed by atoms with Gasteiger partial charge < -0.3 is 29.2 Å². The SMILES string of the molecule is O=C(O)c1cn(-c2ccc(F)cc2F)c2cc(N3CCC4(C3)OCC(CO)O4)c(F)cc2c1=O. The fraction of sp³-hybridized carbons (Fsp3) is 0.304. The van der Waals surface area contributed by atoms with E-state index in [0.29, 0.717) is 19.0 Å². The standard InChI is InChI=1S/C23H19F3N2O6/c24-12-1-2-18(16(25)5-12)28-8-15(22(31)32)21(30)14-6-17(26)20(7-19(14)28)27-4-3-23(11-27)33-10-13(9-29)34-23/h1-2,5-8,13,29H,3-4,9-11H2,(H,31,32). The quantitative estimate of drug-likeness (QED) is 0.597. The number of hydrogen-bond acceptors (Lipinski definition) is 6. The lowest BCUT2D eigenvalue weighted by molar-refractivity contribution is -0.153. The summed E-state index contributed by atoms with van der Waals surface area (Å²) in [6, 6.07) is 4.95. The normalized spacial score (nSPS) is 22.2. The van der Waals surface area contributed by atoms with Crippen LogP contribution in [0.15, 0.2) is 41.3 Å². The summed E-state index contributed by atoms with van der Waals surface area (Å²) in [6.45, 7) is 0.469. The van der Waals surface area contributed by atoms with Crippen LogP contribution in [0, 0.1) is 17.5 Å². The molecule has 2 fully saturated rings. The monoisotopic (exact) mass is 476 g/mol. The smallest absolute Gasteiger partial charge is 0.341 e. The number of fused-ring (bicyclic) bond motifs is 1. The average molecular weight is 476 g/mol. The van der Waals surface area contributed by atoms with Crippen LogP contribution >= 0.6 is 0 Å². The second-order valence-electron chi connectivity index (χ2n) is 8.28.